The SMILES string of the molecule is CCC(C)Oc1nc(NN)ncc1F. The second-order valence-electron chi connectivity index (χ2n) is 2.83. The molecule has 0 saturated heterocycles. The molecule has 0 bridgehead atoms. The van der Waals surface area contributed by atoms with Crippen molar-refractivity contribution in [1.29, 1.82) is 0 Å². The van der Waals surface area contributed by atoms with E-state index in [1.807, 2.05) is 13.8 Å². The standard InChI is InChI=1S/C8H13FN4O/c1-3-5(2)14-7-6(9)4-11-8(12-7)13-10/h4-5H,3,10H2,1-2H3,(H,11,12,13). The highest BCUT2D eigenvalue weighted by Gasteiger charge is 2.10. The molecule has 1 atom stereocenters. The van der Waals surface area contributed by atoms with Crippen molar-refractivity contribution in [3.05, 3.63) is 12.0 Å². The molecule has 14 heavy (non-hydrogen) atoms. The van der Waals surface area contributed by atoms with E-state index in [2.05, 4.69) is 15.4 Å². The smallest absolute Gasteiger partial charge is 0.255 e. The molecule has 0 saturated carbocycles. The Labute approximate surface area is 81.5 Å². The molecule has 0 spiro atoms. The fraction of sp³-hybridized carbons (Fsp3) is 0.500. The minimum absolute atomic E-state index is 0.0812. The highest BCUT2D eigenvalue weighted by atomic mass is 19.1. The number of nitrogens with zero attached hydrogens (tertiary/aromatic N) is 2. The zero-order valence-electron chi connectivity index (χ0n) is 8.12. The summed E-state index contributed by atoms with van der Waals surface area (Å²) in [5.41, 5.74) is 2.22. The topological polar surface area (TPSA) is 73.1 Å². The van der Waals surface area contributed by atoms with Crippen LogP contribution in [0.4, 0.5) is 10.3 Å². The van der Waals surface area contributed by atoms with Crippen molar-refractivity contribution in [3.8, 4) is 5.88 Å². The molecule has 0 aromatic carbocycles. The van der Waals surface area contributed by atoms with E-state index in [9.17, 15) is 4.39 Å². The molecule has 0 aliphatic carbocycles. The van der Waals surface area contributed by atoms with E-state index in [0.717, 1.165) is 12.6 Å². The van der Waals surface area contributed by atoms with Crippen molar-refractivity contribution in [3.63, 3.8) is 0 Å². The quantitative estimate of drug-likeness (QED) is 0.562. The molecule has 0 aliphatic heterocycles. The zero-order valence-corrected chi connectivity index (χ0v) is 8.12. The predicted octanol–water partition coefficient (Wildman–Crippen LogP) is 1.08. The molecule has 0 amide bonds. The third-order valence-electron chi connectivity index (χ3n) is 1.73. The van der Waals surface area contributed by atoms with Crippen LogP contribution in [0.25, 0.3) is 0 Å². The van der Waals surface area contributed by atoms with E-state index in [0.29, 0.717) is 0 Å². The van der Waals surface area contributed by atoms with Crippen LogP contribution in [0, 0.1) is 5.82 Å². The lowest BCUT2D eigenvalue weighted by Gasteiger charge is -2.12. The van der Waals surface area contributed by atoms with Crippen molar-refractivity contribution in [1.82, 2.24) is 9.97 Å². The van der Waals surface area contributed by atoms with Gasteiger partial charge in [-0.3, -0.25) is 5.43 Å². The number of halogens is 1. The van der Waals surface area contributed by atoms with Gasteiger partial charge in [-0.25, -0.2) is 10.8 Å². The van der Waals surface area contributed by atoms with E-state index in [4.69, 9.17) is 10.6 Å². The fourth-order valence-electron chi connectivity index (χ4n) is 0.778. The van der Waals surface area contributed by atoms with Gasteiger partial charge in [-0.15, -0.1) is 0 Å². The van der Waals surface area contributed by atoms with Gasteiger partial charge in [-0.2, -0.15) is 9.37 Å². The Hall–Kier alpha value is -1.43. The summed E-state index contributed by atoms with van der Waals surface area (Å²) in [6.07, 6.45) is 1.69. The Morgan fingerprint density at radius 3 is 3.00 bits per heavy atom. The normalized spacial score (nSPS) is 12.3. The maximum atomic E-state index is 13.1. The van der Waals surface area contributed by atoms with E-state index >= 15 is 0 Å². The van der Waals surface area contributed by atoms with Crippen LogP contribution in [0.2, 0.25) is 0 Å². The second-order valence-corrected chi connectivity index (χ2v) is 2.83. The fourth-order valence-corrected chi connectivity index (χ4v) is 0.778. The molecule has 0 aliphatic rings. The van der Waals surface area contributed by atoms with Gasteiger partial charge in [-0.1, -0.05) is 6.92 Å². The molecule has 1 unspecified atom stereocenters. The molecule has 78 valence electrons. The van der Waals surface area contributed by atoms with Gasteiger partial charge in [0.25, 0.3) is 5.88 Å². The first-order valence-corrected chi connectivity index (χ1v) is 4.33. The van der Waals surface area contributed by atoms with Crippen molar-refractivity contribution < 1.29 is 9.13 Å². The Balaban J connectivity index is 2.83. The maximum absolute atomic E-state index is 13.1. The maximum Gasteiger partial charge on any atom is 0.255 e. The summed E-state index contributed by atoms with van der Waals surface area (Å²) in [6.45, 7) is 3.77. The van der Waals surface area contributed by atoms with E-state index < -0.39 is 5.82 Å². The van der Waals surface area contributed by atoms with Gasteiger partial charge in [0.1, 0.15) is 0 Å². The van der Waals surface area contributed by atoms with Crippen LogP contribution >= 0.6 is 0 Å². The number of hydrazine groups is 1. The first kappa shape index (κ1) is 10.6. The summed E-state index contributed by atoms with van der Waals surface area (Å²) < 4.78 is 18.3. The number of hydrogen-bond donors (Lipinski definition) is 2. The number of anilines is 1. The Morgan fingerprint density at radius 2 is 2.43 bits per heavy atom. The molecule has 0 radical (unpaired) electrons. The van der Waals surface area contributed by atoms with Crippen LogP contribution in [0.5, 0.6) is 5.88 Å². The zero-order chi connectivity index (χ0) is 10.6. The van der Waals surface area contributed by atoms with Gasteiger partial charge in [0.15, 0.2) is 0 Å². The first-order chi connectivity index (χ1) is 6.67. The summed E-state index contributed by atoms with van der Waals surface area (Å²) in [4.78, 5) is 7.32. The molecule has 5 nitrogen and oxygen atoms in total. The Kier molecular flexibility index (Phi) is 3.58. The van der Waals surface area contributed by atoms with Crippen LogP contribution in [-0.2, 0) is 0 Å². The predicted molar refractivity (Wildman–Crippen MR) is 50.2 cm³/mol. The molecule has 1 aromatic rings. The summed E-state index contributed by atoms with van der Waals surface area (Å²) in [6, 6.07) is 0. The van der Waals surface area contributed by atoms with Gasteiger partial charge in [0.05, 0.1) is 12.3 Å². The van der Waals surface area contributed by atoms with E-state index in [1.54, 1.807) is 0 Å². The van der Waals surface area contributed by atoms with Crippen molar-refractivity contribution >= 4 is 5.95 Å². The van der Waals surface area contributed by atoms with Crippen LogP contribution in [-0.4, -0.2) is 16.1 Å². The molecule has 1 heterocycles. The van der Waals surface area contributed by atoms with Gasteiger partial charge >= 0.3 is 0 Å². The third-order valence-corrected chi connectivity index (χ3v) is 1.73. The minimum Gasteiger partial charge on any atom is -0.472 e. The van der Waals surface area contributed by atoms with Crippen LogP contribution < -0.4 is 16.0 Å². The number of aromatic nitrogens is 2. The van der Waals surface area contributed by atoms with E-state index in [1.165, 1.54) is 0 Å². The summed E-state index contributed by atoms with van der Waals surface area (Å²) in [5, 5.41) is 0. The van der Waals surface area contributed by atoms with Crippen molar-refractivity contribution in [2.45, 2.75) is 26.4 Å². The lowest BCUT2D eigenvalue weighted by molar-refractivity contribution is 0.198. The average molecular weight is 200 g/mol. The van der Waals surface area contributed by atoms with Crippen LogP contribution in [0.1, 0.15) is 20.3 Å². The molecular formula is C8H13FN4O. The van der Waals surface area contributed by atoms with Crippen molar-refractivity contribution in [2.75, 3.05) is 5.43 Å². The second kappa shape index (κ2) is 4.71. The average Bonchev–Trinajstić information content (AvgIpc) is 2.21. The lowest BCUT2D eigenvalue weighted by Crippen LogP contribution is -2.15. The van der Waals surface area contributed by atoms with Crippen LogP contribution in [0.15, 0.2) is 6.20 Å². The summed E-state index contributed by atoms with van der Waals surface area (Å²) >= 11 is 0. The molecule has 1 aromatic heterocycles. The van der Waals surface area contributed by atoms with Crippen LogP contribution in [0.3, 0.4) is 0 Å². The van der Waals surface area contributed by atoms with Gasteiger partial charge in [0.2, 0.25) is 11.8 Å². The van der Waals surface area contributed by atoms with Gasteiger partial charge in [-0.05, 0) is 13.3 Å². The highest BCUT2D eigenvalue weighted by Crippen LogP contribution is 2.16. The number of rotatable bonds is 4. The molecule has 6 heteroatoms. The number of nitrogens with one attached hydrogen (secondary N) is 1. The Bertz CT molecular complexity index is 307. The third kappa shape index (κ3) is 2.53. The molecule has 3 N–H and O–H groups in total. The Morgan fingerprint density at radius 1 is 1.71 bits per heavy atom. The highest BCUT2D eigenvalue weighted by molar-refractivity contribution is 5.26. The molecule has 1 rings (SSSR count). The summed E-state index contributed by atoms with van der Waals surface area (Å²) in [7, 11) is 0. The van der Waals surface area contributed by atoms with Gasteiger partial charge < -0.3 is 4.74 Å². The van der Waals surface area contributed by atoms with E-state index in [-0.39, 0.29) is 17.9 Å². The number of hydrogen-bond acceptors (Lipinski definition) is 5. The van der Waals surface area contributed by atoms with Gasteiger partial charge in [0, 0.05) is 0 Å². The number of nitrogen functional groups attached to an aromatic ring is 1. The molecule has 0 fully saturated rings. The van der Waals surface area contributed by atoms with Crippen molar-refractivity contribution in [2.24, 2.45) is 5.84 Å². The molecular weight excluding hydrogens is 187 g/mol. The lowest BCUT2D eigenvalue weighted by atomic mass is 10.3. The largest absolute Gasteiger partial charge is 0.472 e. The monoisotopic (exact) mass is 200 g/mol. The first-order valence-electron chi connectivity index (χ1n) is 4.33. The number of nitrogens with two attached hydrogens (primary N) is 1. The summed E-state index contributed by atoms with van der Waals surface area (Å²) in [5.74, 6) is 4.53. The minimum atomic E-state index is -0.593. The number of ether oxygens (including phenoxy) is 1.